The van der Waals surface area contributed by atoms with Gasteiger partial charge in [-0.2, -0.15) is 0 Å². The summed E-state index contributed by atoms with van der Waals surface area (Å²) in [7, 11) is 1.30. The van der Waals surface area contributed by atoms with E-state index in [9.17, 15) is 4.79 Å². The molecule has 0 aliphatic carbocycles. The van der Waals surface area contributed by atoms with E-state index in [-0.39, 0.29) is 0 Å². The van der Waals surface area contributed by atoms with Crippen LogP contribution >= 0.6 is 0 Å². The summed E-state index contributed by atoms with van der Waals surface area (Å²) in [6, 6.07) is 21.2. The summed E-state index contributed by atoms with van der Waals surface area (Å²) in [5.74, 6) is 1.22. The van der Waals surface area contributed by atoms with Crippen LogP contribution in [0.3, 0.4) is 0 Å². The Balaban J connectivity index is 1.54. The average Bonchev–Trinajstić information content (AvgIpc) is 2.69. The van der Waals surface area contributed by atoms with Crippen molar-refractivity contribution in [2.45, 2.75) is 6.61 Å². The smallest absolute Gasteiger partial charge is 0.412 e. The standard InChI is InChI=1S/C20H19N3O3/c1-25-20(24)23-19-12-9-17(13-21-19)22-16-7-10-18(11-8-16)26-14-15-5-3-2-4-6-15/h2-13,22H,14H2,1H3,(H,21,23,24). The first kappa shape index (κ1) is 17.3. The lowest BCUT2D eigenvalue weighted by atomic mass is 10.2. The van der Waals surface area contributed by atoms with Crippen LogP contribution in [0.2, 0.25) is 0 Å². The highest BCUT2D eigenvalue weighted by Gasteiger charge is 2.02. The monoisotopic (exact) mass is 349 g/mol. The normalized spacial score (nSPS) is 10.0. The van der Waals surface area contributed by atoms with Crippen LogP contribution in [0, 0.1) is 0 Å². The van der Waals surface area contributed by atoms with Gasteiger partial charge in [0, 0.05) is 5.69 Å². The van der Waals surface area contributed by atoms with Crippen molar-refractivity contribution in [3.05, 3.63) is 78.5 Å². The Morgan fingerprint density at radius 1 is 0.962 bits per heavy atom. The third-order valence-electron chi connectivity index (χ3n) is 3.57. The third kappa shape index (κ3) is 4.98. The number of rotatable bonds is 6. The van der Waals surface area contributed by atoms with Gasteiger partial charge in [0.2, 0.25) is 0 Å². The topological polar surface area (TPSA) is 72.5 Å². The van der Waals surface area contributed by atoms with Gasteiger partial charge in [-0.3, -0.25) is 5.32 Å². The number of benzene rings is 2. The van der Waals surface area contributed by atoms with E-state index in [1.807, 2.05) is 60.7 Å². The summed E-state index contributed by atoms with van der Waals surface area (Å²) < 4.78 is 10.3. The Hall–Kier alpha value is -3.54. The third-order valence-corrected chi connectivity index (χ3v) is 3.57. The van der Waals surface area contributed by atoms with Crippen molar-refractivity contribution >= 4 is 23.3 Å². The lowest BCUT2D eigenvalue weighted by Crippen LogP contribution is -2.11. The zero-order valence-corrected chi connectivity index (χ0v) is 14.3. The fourth-order valence-electron chi connectivity index (χ4n) is 2.24. The number of pyridine rings is 1. The number of nitrogens with zero attached hydrogens (tertiary/aromatic N) is 1. The molecule has 6 heteroatoms. The van der Waals surface area contributed by atoms with Gasteiger partial charge in [0.1, 0.15) is 18.2 Å². The molecule has 0 radical (unpaired) electrons. The van der Waals surface area contributed by atoms with E-state index < -0.39 is 6.09 Å². The maximum atomic E-state index is 11.1. The van der Waals surface area contributed by atoms with E-state index in [0.29, 0.717) is 12.4 Å². The molecule has 132 valence electrons. The van der Waals surface area contributed by atoms with Gasteiger partial charge >= 0.3 is 6.09 Å². The quantitative estimate of drug-likeness (QED) is 0.681. The molecule has 3 rings (SSSR count). The molecular weight excluding hydrogens is 330 g/mol. The Morgan fingerprint density at radius 3 is 2.35 bits per heavy atom. The number of hydrogen-bond acceptors (Lipinski definition) is 5. The zero-order chi connectivity index (χ0) is 18.2. The maximum Gasteiger partial charge on any atom is 0.412 e. The van der Waals surface area contributed by atoms with E-state index in [0.717, 1.165) is 22.7 Å². The predicted molar refractivity (Wildman–Crippen MR) is 101 cm³/mol. The van der Waals surface area contributed by atoms with Gasteiger partial charge in [0.15, 0.2) is 0 Å². The second kappa shape index (κ2) is 8.53. The van der Waals surface area contributed by atoms with Crippen LogP contribution in [0.15, 0.2) is 72.9 Å². The Morgan fingerprint density at radius 2 is 1.69 bits per heavy atom. The first-order valence-corrected chi connectivity index (χ1v) is 8.08. The van der Waals surface area contributed by atoms with E-state index in [1.54, 1.807) is 12.3 Å². The van der Waals surface area contributed by atoms with Gasteiger partial charge in [0.25, 0.3) is 0 Å². The molecule has 6 nitrogen and oxygen atoms in total. The summed E-state index contributed by atoms with van der Waals surface area (Å²) in [5, 5.41) is 5.74. The van der Waals surface area contributed by atoms with E-state index in [1.165, 1.54) is 7.11 Å². The average molecular weight is 349 g/mol. The molecule has 0 saturated heterocycles. The van der Waals surface area contributed by atoms with Crippen LogP contribution in [0.25, 0.3) is 0 Å². The lowest BCUT2D eigenvalue weighted by molar-refractivity contribution is 0.187. The minimum atomic E-state index is -0.552. The molecule has 1 amide bonds. The molecule has 2 aromatic carbocycles. The summed E-state index contributed by atoms with van der Waals surface area (Å²) >= 11 is 0. The molecule has 0 unspecified atom stereocenters. The van der Waals surface area contributed by atoms with Crippen molar-refractivity contribution < 1.29 is 14.3 Å². The fourth-order valence-corrected chi connectivity index (χ4v) is 2.24. The number of anilines is 3. The van der Waals surface area contributed by atoms with Gasteiger partial charge in [-0.15, -0.1) is 0 Å². The first-order valence-electron chi connectivity index (χ1n) is 8.08. The second-order valence-electron chi connectivity index (χ2n) is 5.47. The molecule has 0 fully saturated rings. The fraction of sp³-hybridized carbons (Fsp3) is 0.100. The number of methoxy groups -OCH3 is 1. The number of aromatic nitrogens is 1. The van der Waals surface area contributed by atoms with Crippen molar-refractivity contribution in [1.82, 2.24) is 4.98 Å². The molecule has 1 heterocycles. The van der Waals surface area contributed by atoms with Crippen LogP contribution in [-0.4, -0.2) is 18.2 Å². The molecule has 0 aliphatic rings. The summed E-state index contributed by atoms with van der Waals surface area (Å²) in [6.07, 6.45) is 1.08. The Kier molecular flexibility index (Phi) is 5.67. The van der Waals surface area contributed by atoms with Crippen LogP contribution in [0.4, 0.5) is 22.0 Å². The molecule has 0 bridgehead atoms. The van der Waals surface area contributed by atoms with E-state index in [4.69, 9.17) is 4.74 Å². The van der Waals surface area contributed by atoms with Crippen molar-refractivity contribution in [1.29, 1.82) is 0 Å². The second-order valence-corrected chi connectivity index (χ2v) is 5.47. The van der Waals surface area contributed by atoms with Gasteiger partial charge in [-0.25, -0.2) is 9.78 Å². The Bertz CT molecular complexity index is 834. The lowest BCUT2D eigenvalue weighted by Gasteiger charge is -2.09. The number of nitrogens with one attached hydrogen (secondary N) is 2. The van der Waals surface area contributed by atoms with Crippen molar-refractivity contribution in [2.24, 2.45) is 0 Å². The SMILES string of the molecule is COC(=O)Nc1ccc(Nc2ccc(OCc3ccccc3)cc2)cn1. The van der Waals surface area contributed by atoms with Crippen LogP contribution in [0.5, 0.6) is 5.75 Å². The van der Waals surface area contributed by atoms with Crippen molar-refractivity contribution in [3.63, 3.8) is 0 Å². The molecule has 0 aliphatic heterocycles. The molecule has 2 N–H and O–H groups in total. The summed E-state index contributed by atoms with van der Waals surface area (Å²) in [4.78, 5) is 15.3. The first-order chi connectivity index (χ1) is 12.7. The zero-order valence-electron chi connectivity index (χ0n) is 14.3. The molecule has 0 saturated carbocycles. The molecular formula is C20H19N3O3. The predicted octanol–water partition coefficient (Wildman–Crippen LogP) is 4.58. The van der Waals surface area contributed by atoms with Gasteiger partial charge in [0.05, 0.1) is 19.0 Å². The minimum Gasteiger partial charge on any atom is -0.489 e. The largest absolute Gasteiger partial charge is 0.489 e. The molecule has 3 aromatic rings. The van der Waals surface area contributed by atoms with Crippen LogP contribution in [-0.2, 0) is 11.3 Å². The highest BCUT2D eigenvalue weighted by Crippen LogP contribution is 2.21. The highest BCUT2D eigenvalue weighted by atomic mass is 16.5. The van der Waals surface area contributed by atoms with E-state index in [2.05, 4.69) is 20.4 Å². The van der Waals surface area contributed by atoms with Crippen molar-refractivity contribution in [3.8, 4) is 5.75 Å². The number of carbonyl (C=O) groups is 1. The number of amides is 1. The summed E-state index contributed by atoms with van der Waals surface area (Å²) in [6.45, 7) is 0.534. The van der Waals surface area contributed by atoms with Gasteiger partial charge in [-0.1, -0.05) is 30.3 Å². The minimum absolute atomic E-state index is 0.423. The van der Waals surface area contributed by atoms with E-state index >= 15 is 0 Å². The van der Waals surface area contributed by atoms with Gasteiger partial charge < -0.3 is 14.8 Å². The molecule has 26 heavy (non-hydrogen) atoms. The van der Waals surface area contributed by atoms with Crippen molar-refractivity contribution in [2.75, 3.05) is 17.7 Å². The molecule has 0 atom stereocenters. The summed E-state index contributed by atoms with van der Waals surface area (Å²) in [5.41, 5.74) is 2.84. The highest BCUT2D eigenvalue weighted by molar-refractivity contribution is 5.83. The number of carbonyl (C=O) groups excluding carboxylic acids is 1. The maximum absolute atomic E-state index is 11.1. The molecule has 1 aromatic heterocycles. The van der Waals surface area contributed by atoms with Crippen LogP contribution in [0.1, 0.15) is 5.56 Å². The van der Waals surface area contributed by atoms with Gasteiger partial charge in [-0.05, 0) is 42.0 Å². The Labute approximate surface area is 151 Å². The number of hydrogen-bond donors (Lipinski definition) is 2. The molecule has 0 spiro atoms. The number of ether oxygens (including phenoxy) is 2. The van der Waals surface area contributed by atoms with Crippen LogP contribution < -0.4 is 15.4 Å².